The second kappa shape index (κ2) is 5.37. The molecule has 6 nitrogen and oxygen atoms in total. The van der Waals surface area contributed by atoms with Crippen LogP contribution in [0.2, 0.25) is 0 Å². The fourth-order valence-electron chi connectivity index (χ4n) is 3.29. The molecule has 0 amide bonds. The molecule has 0 N–H and O–H groups in total. The summed E-state index contributed by atoms with van der Waals surface area (Å²) >= 11 is 0. The molecule has 3 aromatic rings. The minimum atomic E-state index is -3.46. The fraction of sp³-hybridized carbons (Fsp3) is 0.333. The zero-order chi connectivity index (χ0) is 17.0. The van der Waals surface area contributed by atoms with E-state index in [1.54, 1.807) is 12.1 Å². The van der Waals surface area contributed by atoms with Gasteiger partial charge in [0.1, 0.15) is 0 Å². The lowest BCUT2D eigenvalue weighted by Gasteiger charge is -2.37. The Morgan fingerprint density at radius 2 is 1.76 bits per heavy atom. The average molecular weight is 354 g/mol. The second-order valence-electron chi connectivity index (χ2n) is 6.88. The number of fused-ring (bicyclic) bond motifs is 1. The van der Waals surface area contributed by atoms with E-state index in [0.717, 1.165) is 16.5 Å². The maximum atomic E-state index is 12.8. The van der Waals surface area contributed by atoms with E-state index in [0.29, 0.717) is 23.9 Å². The third kappa shape index (κ3) is 2.54. The number of hydrogen-bond acceptors (Lipinski definition) is 4. The van der Waals surface area contributed by atoms with Gasteiger partial charge in [-0.2, -0.15) is 4.31 Å². The molecule has 0 atom stereocenters. The third-order valence-electron chi connectivity index (χ3n) is 5.09. The summed E-state index contributed by atoms with van der Waals surface area (Å²) in [4.78, 5) is 0.349. The van der Waals surface area contributed by atoms with Gasteiger partial charge in [0.25, 0.3) is 0 Å². The highest BCUT2D eigenvalue weighted by Crippen LogP contribution is 2.39. The van der Waals surface area contributed by atoms with Gasteiger partial charge in [0.05, 0.1) is 16.6 Å². The van der Waals surface area contributed by atoms with Crippen LogP contribution in [-0.2, 0) is 10.0 Å². The first-order valence-corrected chi connectivity index (χ1v) is 9.96. The molecular formula is C18H18N4O2S. The van der Waals surface area contributed by atoms with E-state index in [1.165, 1.54) is 17.1 Å². The van der Waals surface area contributed by atoms with Crippen LogP contribution in [0.4, 0.5) is 0 Å². The van der Waals surface area contributed by atoms with Crippen LogP contribution in [0.5, 0.6) is 0 Å². The molecule has 2 heterocycles. The molecule has 5 rings (SSSR count). The molecule has 1 aliphatic heterocycles. The van der Waals surface area contributed by atoms with E-state index < -0.39 is 10.0 Å². The normalized spacial score (nSPS) is 19.2. The van der Waals surface area contributed by atoms with Crippen LogP contribution < -0.4 is 0 Å². The molecule has 7 heteroatoms. The van der Waals surface area contributed by atoms with Crippen LogP contribution in [0.15, 0.2) is 53.6 Å². The van der Waals surface area contributed by atoms with Crippen LogP contribution >= 0.6 is 0 Å². The van der Waals surface area contributed by atoms with Crippen LogP contribution in [-0.4, -0.2) is 40.8 Å². The van der Waals surface area contributed by atoms with Crippen molar-refractivity contribution >= 4 is 20.8 Å². The van der Waals surface area contributed by atoms with Crippen molar-refractivity contribution in [3.05, 3.63) is 54.4 Å². The fourth-order valence-corrected chi connectivity index (χ4v) is 4.84. The zero-order valence-corrected chi connectivity index (χ0v) is 14.4. The third-order valence-corrected chi connectivity index (χ3v) is 6.91. The lowest BCUT2D eigenvalue weighted by Crippen LogP contribution is -2.50. The molecule has 0 unspecified atom stereocenters. The Labute approximate surface area is 146 Å². The monoisotopic (exact) mass is 354 g/mol. The van der Waals surface area contributed by atoms with Crippen molar-refractivity contribution in [3.8, 4) is 0 Å². The lowest BCUT2D eigenvalue weighted by atomic mass is 10.1. The summed E-state index contributed by atoms with van der Waals surface area (Å²) in [5.74, 6) is 0.561. The predicted molar refractivity (Wildman–Crippen MR) is 93.7 cm³/mol. The summed E-state index contributed by atoms with van der Waals surface area (Å²) in [6.07, 6.45) is 4.35. The van der Waals surface area contributed by atoms with Crippen molar-refractivity contribution in [2.45, 2.75) is 29.7 Å². The minimum Gasteiger partial charge on any atom is -0.247 e. The summed E-state index contributed by atoms with van der Waals surface area (Å²) in [5, 5.41) is 10.4. The summed E-state index contributed by atoms with van der Waals surface area (Å²) in [6.45, 7) is 0.894. The van der Waals surface area contributed by atoms with Gasteiger partial charge in [0, 0.05) is 25.2 Å². The SMILES string of the molecule is O=S(=O)(c1ccc2ccccc2c1)N1CC(n2cc(C3CC3)nn2)C1. The smallest absolute Gasteiger partial charge is 0.243 e. The predicted octanol–water partition coefficient (Wildman–Crippen LogP) is 2.55. The first-order chi connectivity index (χ1) is 12.1. The summed E-state index contributed by atoms with van der Waals surface area (Å²) in [5.41, 5.74) is 1.04. The van der Waals surface area contributed by atoms with E-state index in [4.69, 9.17) is 0 Å². The number of aromatic nitrogens is 3. The highest BCUT2D eigenvalue weighted by Gasteiger charge is 2.39. The minimum absolute atomic E-state index is 0.0789. The molecular weight excluding hydrogens is 336 g/mol. The van der Waals surface area contributed by atoms with Crippen LogP contribution in [0, 0.1) is 0 Å². The number of benzene rings is 2. The highest BCUT2D eigenvalue weighted by atomic mass is 32.2. The van der Waals surface area contributed by atoms with Crippen molar-refractivity contribution in [1.29, 1.82) is 0 Å². The molecule has 1 aromatic heterocycles. The molecule has 1 saturated heterocycles. The van der Waals surface area contributed by atoms with Crippen molar-refractivity contribution in [1.82, 2.24) is 19.3 Å². The molecule has 0 radical (unpaired) electrons. The Hall–Kier alpha value is -2.25. The van der Waals surface area contributed by atoms with E-state index in [1.807, 2.05) is 41.2 Å². The van der Waals surface area contributed by atoms with Gasteiger partial charge in [0.2, 0.25) is 10.0 Å². The molecule has 2 aromatic carbocycles. The van der Waals surface area contributed by atoms with Crippen molar-refractivity contribution < 1.29 is 8.42 Å². The van der Waals surface area contributed by atoms with Gasteiger partial charge >= 0.3 is 0 Å². The summed E-state index contributed by atoms with van der Waals surface area (Å²) < 4.78 is 29.0. The number of sulfonamides is 1. The van der Waals surface area contributed by atoms with Crippen LogP contribution in [0.3, 0.4) is 0 Å². The Kier molecular flexibility index (Phi) is 3.23. The Bertz CT molecular complexity index is 1050. The van der Waals surface area contributed by atoms with Crippen molar-refractivity contribution in [3.63, 3.8) is 0 Å². The standard InChI is InChI=1S/C18H18N4O2S/c23-25(24,17-8-7-13-3-1-2-4-15(13)9-17)21-10-16(11-21)22-12-18(19-20-22)14-5-6-14/h1-4,7-9,12,14,16H,5-6,10-11H2. The van der Waals surface area contributed by atoms with Gasteiger partial charge in [-0.3, -0.25) is 0 Å². The van der Waals surface area contributed by atoms with Crippen LogP contribution in [0.1, 0.15) is 30.5 Å². The van der Waals surface area contributed by atoms with E-state index in [-0.39, 0.29) is 6.04 Å². The molecule has 1 saturated carbocycles. The van der Waals surface area contributed by atoms with Gasteiger partial charge < -0.3 is 0 Å². The zero-order valence-electron chi connectivity index (χ0n) is 13.6. The topological polar surface area (TPSA) is 68.1 Å². The first-order valence-electron chi connectivity index (χ1n) is 8.52. The summed E-state index contributed by atoms with van der Waals surface area (Å²) in [7, 11) is -3.46. The van der Waals surface area contributed by atoms with E-state index >= 15 is 0 Å². The Balaban J connectivity index is 1.35. The van der Waals surface area contributed by atoms with Gasteiger partial charge in [-0.1, -0.05) is 35.5 Å². The summed E-state index contributed by atoms with van der Waals surface area (Å²) in [6, 6.07) is 13.2. The van der Waals surface area contributed by atoms with Gasteiger partial charge in [-0.15, -0.1) is 5.10 Å². The van der Waals surface area contributed by atoms with Crippen LogP contribution in [0.25, 0.3) is 10.8 Å². The van der Waals surface area contributed by atoms with Gasteiger partial charge in [-0.25, -0.2) is 13.1 Å². The highest BCUT2D eigenvalue weighted by molar-refractivity contribution is 7.89. The second-order valence-corrected chi connectivity index (χ2v) is 8.82. The first kappa shape index (κ1) is 15.0. The molecule has 25 heavy (non-hydrogen) atoms. The Morgan fingerprint density at radius 3 is 2.52 bits per heavy atom. The van der Waals surface area contributed by atoms with Gasteiger partial charge in [-0.05, 0) is 35.7 Å². The quantitative estimate of drug-likeness (QED) is 0.722. The number of rotatable bonds is 4. The maximum Gasteiger partial charge on any atom is 0.243 e. The molecule has 1 aliphatic carbocycles. The molecule has 128 valence electrons. The molecule has 0 bridgehead atoms. The average Bonchev–Trinajstić information content (AvgIpc) is 3.32. The van der Waals surface area contributed by atoms with Gasteiger partial charge in [0.15, 0.2) is 0 Å². The Morgan fingerprint density at radius 1 is 1.00 bits per heavy atom. The van der Waals surface area contributed by atoms with Crippen molar-refractivity contribution in [2.24, 2.45) is 0 Å². The number of hydrogen-bond donors (Lipinski definition) is 0. The molecule has 2 fully saturated rings. The maximum absolute atomic E-state index is 12.8. The molecule has 2 aliphatic rings. The molecule has 0 spiro atoms. The van der Waals surface area contributed by atoms with E-state index in [2.05, 4.69) is 10.3 Å². The van der Waals surface area contributed by atoms with E-state index in [9.17, 15) is 8.42 Å². The number of nitrogens with zero attached hydrogens (tertiary/aromatic N) is 4. The van der Waals surface area contributed by atoms with Crippen molar-refractivity contribution in [2.75, 3.05) is 13.1 Å². The lowest BCUT2D eigenvalue weighted by molar-refractivity contribution is 0.189. The largest absolute Gasteiger partial charge is 0.247 e.